The highest BCUT2D eigenvalue weighted by molar-refractivity contribution is 7.89. The number of methoxy groups -OCH3 is 2. The second-order valence-corrected chi connectivity index (χ2v) is 8.58. The lowest BCUT2D eigenvalue weighted by atomic mass is 10.0. The molecule has 2 aromatic carbocycles. The van der Waals surface area contributed by atoms with Gasteiger partial charge in [-0.25, -0.2) is 8.42 Å². The number of hydrogen-bond acceptors (Lipinski definition) is 4. The van der Waals surface area contributed by atoms with Gasteiger partial charge in [-0.15, -0.1) is 0 Å². The minimum absolute atomic E-state index is 0.0143. The van der Waals surface area contributed by atoms with Crippen molar-refractivity contribution in [1.82, 2.24) is 4.31 Å². The zero-order valence-corrected chi connectivity index (χ0v) is 16.7. The van der Waals surface area contributed by atoms with E-state index in [1.165, 1.54) is 10.4 Å². The van der Waals surface area contributed by atoms with Crippen LogP contribution in [0.1, 0.15) is 24.4 Å². The Morgan fingerprint density at radius 3 is 2.58 bits per heavy atom. The third-order valence-electron chi connectivity index (χ3n) is 4.50. The summed E-state index contributed by atoms with van der Waals surface area (Å²) in [6.45, 7) is 0.399. The van der Waals surface area contributed by atoms with Gasteiger partial charge < -0.3 is 9.47 Å². The predicted octanol–water partition coefficient (Wildman–Crippen LogP) is 4.54. The number of nitrogens with zero attached hydrogens (tertiary/aromatic N) is 1. The molecule has 1 aliphatic heterocycles. The van der Waals surface area contributed by atoms with E-state index in [0.717, 1.165) is 12.0 Å². The van der Waals surface area contributed by atoms with Crippen LogP contribution in [0.15, 0.2) is 41.3 Å². The minimum Gasteiger partial charge on any atom is -0.497 e. The largest absolute Gasteiger partial charge is 0.497 e. The highest BCUT2D eigenvalue weighted by Gasteiger charge is 2.38. The number of sulfonamides is 1. The van der Waals surface area contributed by atoms with Gasteiger partial charge in [0.25, 0.3) is 0 Å². The van der Waals surface area contributed by atoms with Gasteiger partial charge in [-0.05, 0) is 43.2 Å². The van der Waals surface area contributed by atoms with E-state index in [-0.39, 0.29) is 21.0 Å². The molecule has 2 aromatic rings. The summed E-state index contributed by atoms with van der Waals surface area (Å²) in [5.74, 6) is 1.26. The fourth-order valence-corrected chi connectivity index (χ4v) is 5.66. The number of ether oxygens (including phenoxy) is 2. The molecule has 0 N–H and O–H groups in total. The first-order valence-electron chi connectivity index (χ1n) is 8.08. The fourth-order valence-electron chi connectivity index (χ4n) is 3.25. The van der Waals surface area contributed by atoms with E-state index in [2.05, 4.69) is 0 Å². The van der Waals surface area contributed by atoms with E-state index in [1.807, 2.05) is 6.07 Å². The van der Waals surface area contributed by atoms with E-state index >= 15 is 0 Å². The lowest BCUT2D eigenvalue weighted by Crippen LogP contribution is -2.31. The molecule has 8 heteroatoms. The van der Waals surface area contributed by atoms with Gasteiger partial charge in [0, 0.05) is 12.1 Å². The van der Waals surface area contributed by atoms with Crippen molar-refractivity contribution in [3.63, 3.8) is 0 Å². The molecule has 0 bridgehead atoms. The van der Waals surface area contributed by atoms with Crippen LogP contribution in [-0.4, -0.2) is 33.5 Å². The smallest absolute Gasteiger partial charge is 0.245 e. The summed E-state index contributed by atoms with van der Waals surface area (Å²) in [5, 5.41) is 0.250. The zero-order chi connectivity index (χ0) is 18.9. The molecule has 26 heavy (non-hydrogen) atoms. The quantitative estimate of drug-likeness (QED) is 0.719. The molecular formula is C18H19Cl2NO4S. The Labute approximate surface area is 163 Å². The van der Waals surface area contributed by atoms with E-state index < -0.39 is 10.0 Å². The molecular weight excluding hydrogens is 397 g/mol. The molecule has 0 radical (unpaired) electrons. The highest BCUT2D eigenvalue weighted by Crippen LogP contribution is 2.43. The summed E-state index contributed by atoms with van der Waals surface area (Å²) in [7, 11) is -0.681. The molecule has 0 aromatic heterocycles. The second-order valence-electron chi connectivity index (χ2n) is 5.93. The summed E-state index contributed by atoms with van der Waals surface area (Å²) in [6, 6.07) is 9.64. The Kier molecular flexibility index (Phi) is 5.67. The number of hydrogen-bond donors (Lipinski definition) is 0. The lowest BCUT2D eigenvalue weighted by molar-refractivity contribution is 0.361. The molecule has 1 heterocycles. The summed E-state index contributed by atoms with van der Waals surface area (Å²) < 4.78 is 38.7. The van der Waals surface area contributed by atoms with Gasteiger partial charge in [-0.3, -0.25) is 0 Å². The Balaban J connectivity index is 2.07. The molecule has 5 nitrogen and oxygen atoms in total. The molecule has 1 atom stereocenters. The van der Waals surface area contributed by atoms with Gasteiger partial charge in [-0.1, -0.05) is 29.3 Å². The molecule has 140 valence electrons. The molecule has 1 fully saturated rings. The van der Waals surface area contributed by atoms with Gasteiger partial charge in [0.2, 0.25) is 10.0 Å². The van der Waals surface area contributed by atoms with Crippen LogP contribution in [0.3, 0.4) is 0 Å². The maximum atomic E-state index is 13.3. The Morgan fingerprint density at radius 2 is 1.88 bits per heavy atom. The van der Waals surface area contributed by atoms with Gasteiger partial charge in [0.1, 0.15) is 16.4 Å². The van der Waals surface area contributed by atoms with Crippen molar-refractivity contribution in [2.75, 3.05) is 20.8 Å². The maximum Gasteiger partial charge on any atom is 0.245 e. The van der Waals surface area contributed by atoms with Crippen molar-refractivity contribution < 1.29 is 17.9 Å². The van der Waals surface area contributed by atoms with Crippen LogP contribution in [-0.2, 0) is 10.0 Å². The monoisotopic (exact) mass is 415 g/mol. The van der Waals surface area contributed by atoms with Crippen molar-refractivity contribution in [1.29, 1.82) is 0 Å². The lowest BCUT2D eigenvalue weighted by Gasteiger charge is -2.26. The summed E-state index contributed by atoms with van der Waals surface area (Å²) in [5.41, 5.74) is 0.770. The van der Waals surface area contributed by atoms with Gasteiger partial charge in [0.15, 0.2) is 0 Å². The Hall–Kier alpha value is -1.47. The average molecular weight is 416 g/mol. The predicted molar refractivity (Wildman–Crippen MR) is 102 cm³/mol. The van der Waals surface area contributed by atoms with E-state index in [9.17, 15) is 8.42 Å². The topological polar surface area (TPSA) is 55.8 Å². The Morgan fingerprint density at radius 1 is 1.12 bits per heavy atom. The maximum absolute atomic E-state index is 13.3. The van der Waals surface area contributed by atoms with Crippen molar-refractivity contribution in [2.45, 2.75) is 23.8 Å². The summed E-state index contributed by atoms with van der Waals surface area (Å²) in [6.07, 6.45) is 1.42. The second kappa shape index (κ2) is 7.64. The van der Waals surface area contributed by atoms with Crippen LogP contribution in [0, 0.1) is 0 Å². The first-order valence-corrected chi connectivity index (χ1v) is 10.3. The molecule has 0 amide bonds. The van der Waals surface area contributed by atoms with Crippen LogP contribution in [0.5, 0.6) is 11.5 Å². The molecule has 0 aliphatic carbocycles. The average Bonchev–Trinajstić information content (AvgIpc) is 3.13. The van der Waals surface area contributed by atoms with Crippen LogP contribution in [0.25, 0.3) is 0 Å². The highest BCUT2D eigenvalue weighted by atomic mass is 35.5. The standard InChI is InChI=1S/C18H19Cl2NO4S/c1-24-12-8-9-16(25-2)13(11-12)15-6-4-10-21(15)26(22,23)17-7-3-5-14(19)18(17)20/h3,5,7-9,11,15H,4,6,10H2,1-2H3/t15-/m0/s1. The SMILES string of the molecule is COc1ccc(OC)c([C@@H]2CCCN2S(=O)(=O)c2cccc(Cl)c2Cl)c1. The van der Waals surface area contributed by atoms with Crippen LogP contribution in [0.2, 0.25) is 10.0 Å². The molecule has 0 saturated carbocycles. The van der Waals surface area contributed by atoms with Crippen LogP contribution < -0.4 is 9.47 Å². The van der Waals surface area contributed by atoms with Crippen molar-refractivity contribution >= 4 is 33.2 Å². The van der Waals surface area contributed by atoms with Gasteiger partial charge >= 0.3 is 0 Å². The van der Waals surface area contributed by atoms with E-state index in [4.69, 9.17) is 32.7 Å². The van der Waals surface area contributed by atoms with Crippen LogP contribution >= 0.6 is 23.2 Å². The molecule has 1 saturated heterocycles. The van der Waals surface area contributed by atoms with E-state index in [0.29, 0.717) is 24.5 Å². The Bertz CT molecular complexity index is 917. The van der Waals surface area contributed by atoms with Crippen molar-refractivity contribution in [3.8, 4) is 11.5 Å². The first-order chi connectivity index (χ1) is 12.4. The number of benzene rings is 2. The third-order valence-corrected chi connectivity index (χ3v) is 7.38. The molecule has 1 aliphatic rings. The fraction of sp³-hybridized carbons (Fsp3) is 0.333. The first kappa shape index (κ1) is 19.3. The zero-order valence-electron chi connectivity index (χ0n) is 14.4. The van der Waals surface area contributed by atoms with Crippen LogP contribution in [0.4, 0.5) is 0 Å². The summed E-state index contributed by atoms with van der Waals surface area (Å²) >= 11 is 12.2. The normalized spacial score (nSPS) is 18.1. The molecule has 0 unspecified atom stereocenters. The van der Waals surface area contributed by atoms with Crippen molar-refractivity contribution in [2.24, 2.45) is 0 Å². The minimum atomic E-state index is -3.81. The van der Waals surface area contributed by atoms with Gasteiger partial charge in [0.05, 0.1) is 30.3 Å². The van der Waals surface area contributed by atoms with E-state index in [1.54, 1.807) is 38.5 Å². The molecule has 0 spiro atoms. The summed E-state index contributed by atoms with van der Waals surface area (Å²) in [4.78, 5) is 0.0143. The number of halogens is 2. The van der Waals surface area contributed by atoms with Crippen molar-refractivity contribution in [3.05, 3.63) is 52.0 Å². The molecule has 3 rings (SSSR count). The van der Waals surface area contributed by atoms with Gasteiger partial charge in [-0.2, -0.15) is 4.31 Å². The number of rotatable bonds is 5. The third kappa shape index (κ3) is 3.39.